The van der Waals surface area contributed by atoms with Crippen LogP contribution in [-0.4, -0.2) is 28.6 Å². The molecule has 0 aliphatic carbocycles. The number of aliphatic carboxylic acids is 1. The van der Waals surface area contributed by atoms with Gasteiger partial charge in [0.1, 0.15) is 5.82 Å². The van der Waals surface area contributed by atoms with E-state index in [1.54, 1.807) is 6.07 Å². The van der Waals surface area contributed by atoms with E-state index in [4.69, 9.17) is 5.11 Å². The Bertz CT molecular complexity index is 733. The third kappa shape index (κ3) is 5.62. The molecule has 0 fully saturated rings. The maximum Gasteiger partial charge on any atom is 0.321 e. The van der Waals surface area contributed by atoms with Gasteiger partial charge in [0.15, 0.2) is 5.13 Å². The fourth-order valence-corrected chi connectivity index (χ4v) is 3.05. The summed E-state index contributed by atoms with van der Waals surface area (Å²) in [6.07, 6.45) is 0.919. The molecule has 2 amide bonds. The third-order valence-corrected chi connectivity index (χ3v) is 4.29. The standard InChI is InChI=1S/C16H18FN3O3S/c1-10-13(9-11-4-2-5-12(17)8-11)24-16(19-10)20-15(23)18-7-3-6-14(21)22/h2,4-5,8H,3,6-7,9H2,1H3,(H,21,22)(H2,18,19,20,23). The number of nitrogens with zero attached hydrogens (tertiary/aromatic N) is 1. The molecule has 2 aromatic rings. The van der Waals surface area contributed by atoms with Crippen LogP contribution in [0.15, 0.2) is 24.3 Å². The molecule has 1 aromatic heterocycles. The van der Waals surface area contributed by atoms with Gasteiger partial charge in [-0.2, -0.15) is 0 Å². The summed E-state index contributed by atoms with van der Waals surface area (Å²) in [5.74, 6) is -1.18. The molecular formula is C16H18FN3O3S. The van der Waals surface area contributed by atoms with Crippen LogP contribution in [0, 0.1) is 12.7 Å². The predicted molar refractivity (Wildman–Crippen MR) is 89.9 cm³/mol. The van der Waals surface area contributed by atoms with Gasteiger partial charge in [0.05, 0.1) is 5.69 Å². The Kier molecular flexibility index (Phi) is 6.25. The Balaban J connectivity index is 1.89. The fourth-order valence-electron chi connectivity index (χ4n) is 2.06. The van der Waals surface area contributed by atoms with Crippen LogP contribution in [0.25, 0.3) is 0 Å². The summed E-state index contributed by atoms with van der Waals surface area (Å²) in [5, 5.41) is 14.2. The third-order valence-electron chi connectivity index (χ3n) is 3.22. The predicted octanol–water partition coefficient (Wildman–Crippen LogP) is 3.17. The van der Waals surface area contributed by atoms with Gasteiger partial charge in [0, 0.05) is 24.3 Å². The number of aromatic nitrogens is 1. The smallest absolute Gasteiger partial charge is 0.321 e. The average Bonchev–Trinajstić information content (AvgIpc) is 2.83. The van der Waals surface area contributed by atoms with Gasteiger partial charge in [-0.05, 0) is 31.0 Å². The number of thiazole rings is 1. The first kappa shape index (κ1) is 17.9. The van der Waals surface area contributed by atoms with Gasteiger partial charge in [-0.1, -0.05) is 12.1 Å². The van der Waals surface area contributed by atoms with Crippen molar-refractivity contribution in [2.75, 3.05) is 11.9 Å². The Hall–Kier alpha value is -2.48. The molecule has 0 bridgehead atoms. The first-order valence-corrected chi connectivity index (χ1v) is 8.23. The minimum absolute atomic E-state index is 0.00836. The molecule has 1 aromatic carbocycles. The van der Waals surface area contributed by atoms with Crippen molar-refractivity contribution in [2.45, 2.75) is 26.2 Å². The molecule has 0 aliphatic heterocycles. The van der Waals surface area contributed by atoms with Gasteiger partial charge in [-0.3, -0.25) is 10.1 Å². The number of urea groups is 1. The lowest BCUT2D eigenvalue weighted by Crippen LogP contribution is -2.29. The zero-order chi connectivity index (χ0) is 17.5. The summed E-state index contributed by atoms with van der Waals surface area (Å²) < 4.78 is 13.2. The van der Waals surface area contributed by atoms with E-state index in [1.807, 2.05) is 13.0 Å². The van der Waals surface area contributed by atoms with Crippen LogP contribution in [0.5, 0.6) is 0 Å². The van der Waals surface area contributed by atoms with Crippen molar-refractivity contribution >= 4 is 28.5 Å². The second-order valence-corrected chi connectivity index (χ2v) is 6.30. The lowest BCUT2D eigenvalue weighted by molar-refractivity contribution is -0.137. The second-order valence-electron chi connectivity index (χ2n) is 5.21. The summed E-state index contributed by atoms with van der Waals surface area (Å²) in [6, 6.07) is 5.94. The molecule has 24 heavy (non-hydrogen) atoms. The monoisotopic (exact) mass is 351 g/mol. The summed E-state index contributed by atoms with van der Waals surface area (Å²) in [4.78, 5) is 27.3. The van der Waals surface area contributed by atoms with Gasteiger partial charge in [0.25, 0.3) is 0 Å². The molecule has 2 rings (SSSR count). The van der Waals surface area contributed by atoms with E-state index in [0.717, 1.165) is 16.1 Å². The topological polar surface area (TPSA) is 91.3 Å². The summed E-state index contributed by atoms with van der Waals surface area (Å²) in [6.45, 7) is 2.11. The molecule has 0 saturated carbocycles. The lowest BCUT2D eigenvalue weighted by Gasteiger charge is -2.03. The van der Waals surface area contributed by atoms with Crippen LogP contribution in [0.2, 0.25) is 0 Å². The molecule has 3 N–H and O–H groups in total. The van der Waals surface area contributed by atoms with Crippen LogP contribution in [0.1, 0.15) is 29.0 Å². The van der Waals surface area contributed by atoms with E-state index in [1.165, 1.54) is 23.5 Å². The maximum atomic E-state index is 13.2. The van der Waals surface area contributed by atoms with Gasteiger partial charge in [-0.25, -0.2) is 14.2 Å². The lowest BCUT2D eigenvalue weighted by atomic mass is 10.1. The number of amides is 2. The molecule has 6 nitrogen and oxygen atoms in total. The number of anilines is 1. The number of carbonyl (C=O) groups excluding carboxylic acids is 1. The molecule has 8 heteroatoms. The zero-order valence-electron chi connectivity index (χ0n) is 13.1. The number of carboxylic acid groups (broad SMARTS) is 1. The first-order chi connectivity index (χ1) is 11.4. The number of aryl methyl sites for hydroxylation is 1. The Morgan fingerprint density at radius 3 is 2.88 bits per heavy atom. The highest BCUT2D eigenvalue weighted by Crippen LogP contribution is 2.25. The van der Waals surface area contributed by atoms with E-state index in [2.05, 4.69) is 15.6 Å². The minimum Gasteiger partial charge on any atom is -0.481 e. The van der Waals surface area contributed by atoms with Crippen LogP contribution >= 0.6 is 11.3 Å². The van der Waals surface area contributed by atoms with Crippen LogP contribution in [0.4, 0.5) is 14.3 Å². The SMILES string of the molecule is Cc1nc(NC(=O)NCCCC(=O)O)sc1Cc1cccc(F)c1. The molecule has 0 saturated heterocycles. The number of carbonyl (C=O) groups is 2. The van der Waals surface area contributed by atoms with Crippen LogP contribution in [-0.2, 0) is 11.2 Å². The number of carboxylic acids is 1. The van der Waals surface area contributed by atoms with Crippen LogP contribution < -0.4 is 10.6 Å². The van der Waals surface area contributed by atoms with Crippen molar-refractivity contribution in [3.8, 4) is 0 Å². The zero-order valence-corrected chi connectivity index (χ0v) is 14.0. The van der Waals surface area contributed by atoms with E-state index in [9.17, 15) is 14.0 Å². The number of rotatable bonds is 7. The van der Waals surface area contributed by atoms with Gasteiger partial charge >= 0.3 is 12.0 Å². The van der Waals surface area contributed by atoms with Crippen LogP contribution in [0.3, 0.4) is 0 Å². The molecule has 0 unspecified atom stereocenters. The minimum atomic E-state index is -0.894. The number of halogens is 1. The highest BCUT2D eigenvalue weighted by atomic mass is 32.1. The van der Waals surface area contributed by atoms with E-state index < -0.39 is 12.0 Å². The molecule has 1 heterocycles. The number of nitrogens with one attached hydrogen (secondary N) is 2. The maximum absolute atomic E-state index is 13.2. The van der Waals surface area contributed by atoms with E-state index in [0.29, 0.717) is 18.0 Å². The second kappa shape index (κ2) is 8.39. The van der Waals surface area contributed by atoms with Crippen molar-refractivity contribution in [1.82, 2.24) is 10.3 Å². The Labute approximate surface area is 142 Å². The van der Waals surface area contributed by atoms with Gasteiger partial charge in [0.2, 0.25) is 0 Å². The molecule has 0 aliphatic rings. The Morgan fingerprint density at radius 2 is 2.17 bits per heavy atom. The molecule has 0 atom stereocenters. The summed E-state index contributed by atoms with van der Waals surface area (Å²) in [7, 11) is 0. The molecular weight excluding hydrogens is 333 g/mol. The van der Waals surface area contributed by atoms with Crippen molar-refractivity contribution in [2.24, 2.45) is 0 Å². The van der Waals surface area contributed by atoms with Gasteiger partial charge < -0.3 is 10.4 Å². The quantitative estimate of drug-likeness (QED) is 0.668. The fraction of sp³-hybridized carbons (Fsp3) is 0.312. The van der Waals surface area contributed by atoms with Gasteiger partial charge in [-0.15, -0.1) is 11.3 Å². The number of hydrogen-bond donors (Lipinski definition) is 3. The van der Waals surface area contributed by atoms with Crippen molar-refractivity contribution in [3.05, 3.63) is 46.2 Å². The normalized spacial score (nSPS) is 10.4. The highest BCUT2D eigenvalue weighted by molar-refractivity contribution is 7.15. The average molecular weight is 351 g/mol. The summed E-state index contributed by atoms with van der Waals surface area (Å²) in [5.41, 5.74) is 1.62. The molecule has 128 valence electrons. The first-order valence-electron chi connectivity index (χ1n) is 7.41. The van der Waals surface area contributed by atoms with Crippen molar-refractivity contribution < 1.29 is 19.1 Å². The number of hydrogen-bond acceptors (Lipinski definition) is 4. The number of benzene rings is 1. The van der Waals surface area contributed by atoms with Crippen molar-refractivity contribution in [1.29, 1.82) is 0 Å². The van der Waals surface area contributed by atoms with E-state index >= 15 is 0 Å². The molecule has 0 radical (unpaired) electrons. The van der Waals surface area contributed by atoms with Crippen molar-refractivity contribution in [3.63, 3.8) is 0 Å². The Morgan fingerprint density at radius 1 is 1.38 bits per heavy atom. The largest absolute Gasteiger partial charge is 0.481 e. The van der Waals surface area contributed by atoms with E-state index in [-0.39, 0.29) is 18.8 Å². The molecule has 0 spiro atoms. The highest BCUT2D eigenvalue weighted by Gasteiger charge is 2.11. The summed E-state index contributed by atoms with van der Waals surface area (Å²) >= 11 is 1.33.